The van der Waals surface area contributed by atoms with Crippen LogP contribution in [-0.4, -0.2) is 9.81 Å². The summed E-state index contributed by atoms with van der Waals surface area (Å²) in [5.41, 5.74) is 0.963. The van der Waals surface area contributed by atoms with E-state index < -0.39 is 11.1 Å². The summed E-state index contributed by atoms with van der Waals surface area (Å²) in [5.74, 6) is -0.511. The standard InChI is InChI=1S/C10H6Cl2FNO/c1-14-7-3-2-6(13)9(11)5(7)4-8(14)10(12)15/h2-4H,1H3. The van der Waals surface area contributed by atoms with Crippen LogP contribution in [0.4, 0.5) is 4.39 Å². The van der Waals surface area contributed by atoms with Crippen LogP contribution in [-0.2, 0) is 7.05 Å². The SMILES string of the molecule is Cn1c(C(=O)Cl)cc2c(Cl)c(F)ccc21. The summed E-state index contributed by atoms with van der Waals surface area (Å²) in [6.45, 7) is 0. The van der Waals surface area contributed by atoms with Crippen LogP contribution in [0.15, 0.2) is 18.2 Å². The minimum absolute atomic E-state index is 0.00673. The summed E-state index contributed by atoms with van der Waals surface area (Å²) in [6, 6.07) is 4.29. The van der Waals surface area contributed by atoms with E-state index in [4.69, 9.17) is 23.2 Å². The Hall–Kier alpha value is -1.06. The van der Waals surface area contributed by atoms with Gasteiger partial charge in [-0.15, -0.1) is 0 Å². The Morgan fingerprint density at radius 2 is 2.13 bits per heavy atom. The summed E-state index contributed by atoms with van der Waals surface area (Å²) in [7, 11) is 1.67. The number of hydrogen-bond acceptors (Lipinski definition) is 1. The van der Waals surface area contributed by atoms with Crippen LogP contribution in [0.2, 0.25) is 5.02 Å². The van der Waals surface area contributed by atoms with E-state index in [0.29, 0.717) is 16.6 Å². The molecule has 1 heterocycles. The molecule has 5 heteroatoms. The zero-order valence-corrected chi connectivity index (χ0v) is 9.23. The van der Waals surface area contributed by atoms with Crippen LogP contribution in [0.25, 0.3) is 10.9 Å². The molecule has 15 heavy (non-hydrogen) atoms. The van der Waals surface area contributed by atoms with E-state index in [0.717, 1.165) is 0 Å². The van der Waals surface area contributed by atoms with Gasteiger partial charge in [0.15, 0.2) is 0 Å². The third-order valence-corrected chi connectivity index (χ3v) is 2.89. The van der Waals surface area contributed by atoms with Gasteiger partial charge >= 0.3 is 0 Å². The van der Waals surface area contributed by atoms with E-state index in [-0.39, 0.29) is 5.02 Å². The monoisotopic (exact) mass is 245 g/mol. The molecule has 0 N–H and O–H groups in total. The maximum Gasteiger partial charge on any atom is 0.268 e. The number of nitrogens with zero attached hydrogens (tertiary/aromatic N) is 1. The molecule has 2 aromatic rings. The zero-order chi connectivity index (χ0) is 11.2. The summed E-state index contributed by atoms with van der Waals surface area (Å²) >= 11 is 11.1. The molecule has 0 saturated carbocycles. The van der Waals surface area contributed by atoms with Crippen molar-refractivity contribution in [1.82, 2.24) is 4.57 Å². The fraction of sp³-hybridized carbons (Fsp3) is 0.100. The lowest BCUT2D eigenvalue weighted by Crippen LogP contribution is -1.98. The van der Waals surface area contributed by atoms with Crippen LogP contribution in [0.5, 0.6) is 0 Å². The maximum atomic E-state index is 13.1. The van der Waals surface area contributed by atoms with Gasteiger partial charge in [-0.25, -0.2) is 4.39 Å². The van der Waals surface area contributed by atoms with Crippen LogP contribution in [0.3, 0.4) is 0 Å². The highest BCUT2D eigenvalue weighted by Gasteiger charge is 2.14. The molecule has 0 aliphatic carbocycles. The van der Waals surface area contributed by atoms with Crippen molar-refractivity contribution in [2.24, 2.45) is 7.05 Å². The fourth-order valence-electron chi connectivity index (χ4n) is 1.54. The second-order valence-corrected chi connectivity index (χ2v) is 3.88. The predicted octanol–water partition coefficient (Wildman–Crippen LogP) is 3.35. The molecule has 0 radical (unpaired) electrons. The Kier molecular flexibility index (Phi) is 2.44. The highest BCUT2D eigenvalue weighted by molar-refractivity contribution is 6.67. The second kappa shape index (κ2) is 3.51. The van der Waals surface area contributed by atoms with E-state index >= 15 is 0 Å². The van der Waals surface area contributed by atoms with Crippen molar-refractivity contribution in [3.63, 3.8) is 0 Å². The molecule has 0 aliphatic rings. The molecule has 1 aromatic carbocycles. The van der Waals surface area contributed by atoms with Crippen LogP contribution < -0.4 is 0 Å². The van der Waals surface area contributed by atoms with Crippen LogP contribution in [0.1, 0.15) is 10.5 Å². The molecule has 0 unspecified atom stereocenters. The topological polar surface area (TPSA) is 22.0 Å². The van der Waals surface area contributed by atoms with Gasteiger partial charge in [-0.2, -0.15) is 0 Å². The van der Waals surface area contributed by atoms with E-state index in [1.807, 2.05) is 0 Å². The van der Waals surface area contributed by atoms with Crippen molar-refractivity contribution >= 4 is 39.3 Å². The van der Waals surface area contributed by atoms with Gasteiger partial charge < -0.3 is 4.57 Å². The molecule has 78 valence electrons. The number of fused-ring (bicyclic) bond motifs is 1. The van der Waals surface area contributed by atoms with Gasteiger partial charge in [-0.1, -0.05) is 11.6 Å². The summed E-state index contributed by atoms with van der Waals surface area (Å²) < 4.78 is 14.7. The lowest BCUT2D eigenvalue weighted by molar-refractivity contribution is 0.107. The largest absolute Gasteiger partial charge is 0.340 e. The Labute approximate surface area is 95.2 Å². The van der Waals surface area contributed by atoms with Crippen LogP contribution in [0, 0.1) is 5.82 Å². The molecule has 0 bridgehead atoms. The lowest BCUT2D eigenvalue weighted by Gasteiger charge is -1.99. The third-order valence-electron chi connectivity index (χ3n) is 2.31. The number of rotatable bonds is 1. The summed E-state index contributed by atoms with van der Waals surface area (Å²) in [5, 5.41) is -0.0967. The van der Waals surface area contributed by atoms with Gasteiger partial charge in [0.05, 0.1) is 10.5 Å². The van der Waals surface area contributed by atoms with Crippen molar-refractivity contribution in [2.45, 2.75) is 0 Å². The lowest BCUT2D eigenvalue weighted by atomic mass is 10.2. The second-order valence-electron chi connectivity index (χ2n) is 3.16. The smallest absolute Gasteiger partial charge is 0.268 e. The van der Waals surface area contributed by atoms with E-state index in [9.17, 15) is 9.18 Å². The average molecular weight is 246 g/mol. The molecular formula is C10H6Cl2FNO. The van der Waals surface area contributed by atoms with Crippen molar-refractivity contribution in [1.29, 1.82) is 0 Å². The minimum atomic E-state index is -0.592. The first-order valence-corrected chi connectivity index (χ1v) is 4.91. The summed E-state index contributed by atoms with van der Waals surface area (Å²) in [6.07, 6.45) is 0. The van der Waals surface area contributed by atoms with E-state index in [1.54, 1.807) is 17.7 Å². The minimum Gasteiger partial charge on any atom is -0.340 e. The molecular weight excluding hydrogens is 240 g/mol. The van der Waals surface area contributed by atoms with Gasteiger partial charge in [-0.05, 0) is 29.8 Å². The van der Waals surface area contributed by atoms with Crippen molar-refractivity contribution in [3.05, 3.63) is 34.7 Å². The Balaban J connectivity index is 2.88. The molecule has 2 rings (SSSR count). The molecule has 1 aromatic heterocycles. The highest BCUT2D eigenvalue weighted by Crippen LogP contribution is 2.29. The van der Waals surface area contributed by atoms with Crippen molar-refractivity contribution in [3.8, 4) is 0 Å². The Morgan fingerprint density at radius 1 is 1.47 bits per heavy atom. The molecule has 0 aliphatic heterocycles. The first kappa shape index (κ1) is 10.5. The van der Waals surface area contributed by atoms with Gasteiger partial charge in [0.25, 0.3) is 5.24 Å². The Morgan fingerprint density at radius 3 is 2.73 bits per heavy atom. The molecule has 0 spiro atoms. The Bertz CT molecular complexity index is 562. The molecule has 0 amide bonds. The van der Waals surface area contributed by atoms with Gasteiger partial charge in [0, 0.05) is 12.4 Å². The first-order chi connectivity index (χ1) is 7.02. The van der Waals surface area contributed by atoms with Gasteiger partial charge in [0.2, 0.25) is 0 Å². The molecule has 2 nitrogen and oxygen atoms in total. The number of benzene rings is 1. The highest BCUT2D eigenvalue weighted by atomic mass is 35.5. The van der Waals surface area contributed by atoms with Gasteiger partial charge in [-0.3, -0.25) is 4.79 Å². The number of hydrogen-bond donors (Lipinski definition) is 0. The first-order valence-electron chi connectivity index (χ1n) is 4.15. The fourth-order valence-corrected chi connectivity index (χ4v) is 1.93. The van der Waals surface area contributed by atoms with Gasteiger partial charge in [0.1, 0.15) is 11.5 Å². The van der Waals surface area contributed by atoms with E-state index in [1.165, 1.54) is 12.1 Å². The van der Waals surface area contributed by atoms with E-state index in [2.05, 4.69) is 0 Å². The summed E-state index contributed by atoms with van der Waals surface area (Å²) in [4.78, 5) is 11.0. The quantitative estimate of drug-likeness (QED) is 0.707. The molecule has 0 fully saturated rings. The number of aromatic nitrogens is 1. The molecule has 0 atom stereocenters. The number of carbonyl (C=O) groups is 1. The number of aryl methyl sites for hydroxylation is 1. The molecule has 0 saturated heterocycles. The zero-order valence-electron chi connectivity index (χ0n) is 7.72. The normalized spacial score (nSPS) is 10.9. The third kappa shape index (κ3) is 1.52. The predicted molar refractivity (Wildman–Crippen MR) is 58.1 cm³/mol. The maximum absolute atomic E-state index is 13.1. The average Bonchev–Trinajstić information content (AvgIpc) is 2.51. The van der Waals surface area contributed by atoms with Crippen molar-refractivity contribution < 1.29 is 9.18 Å². The van der Waals surface area contributed by atoms with Crippen molar-refractivity contribution in [2.75, 3.05) is 0 Å². The van der Waals surface area contributed by atoms with Crippen LogP contribution >= 0.6 is 23.2 Å². The number of halogens is 3. The number of carbonyl (C=O) groups excluding carboxylic acids is 1.